The van der Waals surface area contributed by atoms with Crippen LogP contribution in [-0.2, 0) is 24.4 Å². The summed E-state index contributed by atoms with van der Waals surface area (Å²) in [6.07, 6.45) is 3.15. The van der Waals surface area contributed by atoms with E-state index in [0.717, 1.165) is 70.6 Å². The van der Waals surface area contributed by atoms with E-state index in [9.17, 15) is 38.0 Å². The molecule has 2 aliphatic rings. The van der Waals surface area contributed by atoms with Gasteiger partial charge in [-0.25, -0.2) is 36.9 Å². The zero-order valence-corrected chi connectivity index (χ0v) is 36.5. The second-order valence-electron chi connectivity index (χ2n) is 15.0. The number of likely N-dealkylation sites (tertiary alicyclic amines) is 1. The minimum Gasteiger partial charge on any atom is -0.494 e. The summed E-state index contributed by atoms with van der Waals surface area (Å²) < 4.78 is 36.5. The first-order chi connectivity index (χ1) is 30.3. The van der Waals surface area contributed by atoms with Gasteiger partial charge in [0.1, 0.15) is 11.8 Å². The molecule has 20 nitrogen and oxygen atoms in total. The monoisotopic (exact) mass is 916 g/mol. The van der Waals surface area contributed by atoms with Gasteiger partial charge in [0, 0.05) is 103 Å². The van der Waals surface area contributed by atoms with E-state index in [-0.39, 0.29) is 44.8 Å². The molecule has 0 bridgehead atoms. The van der Waals surface area contributed by atoms with E-state index in [1.807, 2.05) is 0 Å². The van der Waals surface area contributed by atoms with Crippen LogP contribution < -0.4 is 54.5 Å². The fourth-order valence-electron chi connectivity index (χ4n) is 7.23. The van der Waals surface area contributed by atoms with Gasteiger partial charge in [-0.3, -0.25) is 19.5 Å². The van der Waals surface area contributed by atoms with Gasteiger partial charge in [0.25, 0.3) is 11.8 Å². The van der Waals surface area contributed by atoms with Gasteiger partial charge in [-0.15, -0.1) is 0 Å². The number of rotatable bonds is 20. The molecule has 0 spiro atoms. The van der Waals surface area contributed by atoms with Gasteiger partial charge in [0.05, 0.1) is 36.8 Å². The Balaban J connectivity index is 0.938. The molecule has 1 aromatic carbocycles. The number of ether oxygens (including phenoxy) is 1. The molecule has 4 heterocycles. The number of nitriles is 1. The van der Waals surface area contributed by atoms with Crippen molar-refractivity contribution in [3.63, 3.8) is 0 Å². The Morgan fingerprint density at radius 1 is 0.857 bits per heavy atom. The Morgan fingerprint density at radius 2 is 1.49 bits per heavy atom. The first kappa shape index (κ1) is 48.4. The van der Waals surface area contributed by atoms with Crippen molar-refractivity contribution in [2.75, 3.05) is 85.1 Å². The molecule has 63 heavy (non-hydrogen) atoms. The number of nitrogens with one attached hydrogen (secondary N) is 4. The maximum absolute atomic E-state index is 13.8. The fourth-order valence-corrected chi connectivity index (χ4v) is 7.72. The molecule has 24 heteroatoms. The number of alkyl halides is 2. The number of piperazine rings is 1. The van der Waals surface area contributed by atoms with Crippen molar-refractivity contribution < 1.29 is 23.1 Å². The molecule has 2 amide bonds. The van der Waals surface area contributed by atoms with E-state index >= 15 is 0 Å². The number of benzene rings is 1. The molecule has 2 aliphatic heterocycles. The maximum atomic E-state index is 13.8. The van der Waals surface area contributed by atoms with Gasteiger partial charge in [0.2, 0.25) is 5.91 Å². The second-order valence-corrected chi connectivity index (χ2v) is 15.8. The van der Waals surface area contributed by atoms with E-state index < -0.39 is 60.4 Å². The summed E-state index contributed by atoms with van der Waals surface area (Å²) in [5, 5.41) is 22.7. The molecule has 342 valence electrons. The number of halogens is 2. The molecule has 2 fully saturated rings. The highest BCUT2D eigenvalue weighted by molar-refractivity contribution is 7.80. The summed E-state index contributed by atoms with van der Waals surface area (Å²) in [5.41, 5.74) is 9.70. The van der Waals surface area contributed by atoms with Crippen LogP contribution in [0.1, 0.15) is 36.0 Å². The quantitative estimate of drug-likeness (QED) is 0.0548. The third-order valence-electron chi connectivity index (χ3n) is 10.5. The minimum absolute atomic E-state index is 0.00576. The number of nitrogens with zero attached hydrogens (tertiary/aromatic N) is 8. The number of pyridine rings is 1. The van der Waals surface area contributed by atoms with Crippen LogP contribution in [0.25, 0.3) is 10.9 Å². The predicted octanol–water partition coefficient (Wildman–Crippen LogP) is -1.67. The summed E-state index contributed by atoms with van der Waals surface area (Å²) in [5.74, 6) is -3.95. The molecule has 5 rings (SSSR count). The van der Waals surface area contributed by atoms with E-state index in [1.54, 1.807) is 24.3 Å². The topological polar surface area (TPSA) is 256 Å². The molecule has 0 radical (unpaired) electrons. The number of unbranched alkanes of at least 4 members (excludes halogenated alkanes) is 1. The summed E-state index contributed by atoms with van der Waals surface area (Å²) in [4.78, 5) is 73.3. The number of carbonyl (C=O) groups is 2. The van der Waals surface area contributed by atoms with Crippen molar-refractivity contribution >= 4 is 57.4 Å². The van der Waals surface area contributed by atoms with Crippen LogP contribution in [0.4, 0.5) is 8.78 Å². The largest absolute Gasteiger partial charge is 0.494 e. The Kier molecular flexibility index (Phi) is 17.8. The lowest BCUT2D eigenvalue weighted by Gasteiger charge is -2.36. The van der Waals surface area contributed by atoms with E-state index in [0.29, 0.717) is 46.6 Å². The summed E-state index contributed by atoms with van der Waals surface area (Å²) in [6, 6.07) is 7.19. The lowest BCUT2D eigenvalue weighted by molar-refractivity contribution is -0.131. The van der Waals surface area contributed by atoms with Gasteiger partial charge in [-0.1, -0.05) is 0 Å². The average Bonchev–Trinajstić information content (AvgIpc) is 3.60. The highest BCUT2D eigenvalue weighted by Crippen LogP contribution is 2.31. The van der Waals surface area contributed by atoms with Crippen LogP contribution in [0.5, 0.6) is 5.75 Å². The first-order valence-electron chi connectivity index (χ1n) is 20.7. The van der Waals surface area contributed by atoms with Crippen LogP contribution in [0.15, 0.2) is 44.8 Å². The zero-order valence-electron chi connectivity index (χ0n) is 34.9. The van der Waals surface area contributed by atoms with E-state index in [4.69, 9.17) is 40.6 Å². The van der Waals surface area contributed by atoms with Gasteiger partial charge < -0.3 is 47.3 Å². The van der Waals surface area contributed by atoms with Crippen molar-refractivity contribution in [3.8, 4) is 11.8 Å². The molecule has 2 aromatic heterocycles. The Hall–Kier alpha value is -5.61. The van der Waals surface area contributed by atoms with Crippen molar-refractivity contribution in [1.29, 1.82) is 5.26 Å². The number of carbonyl (C=O) groups excluding carboxylic acids is 2. The van der Waals surface area contributed by atoms with Crippen molar-refractivity contribution in [3.05, 3.63) is 67.5 Å². The predicted molar refractivity (Wildman–Crippen MR) is 239 cm³/mol. The highest BCUT2D eigenvalue weighted by Gasteiger charge is 2.47. The fraction of sp³-hybridized carbons (Fsp3) is 0.564. The van der Waals surface area contributed by atoms with Crippen LogP contribution in [0.3, 0.4) is 0 Å². The van der Waals surface area contributed by atoms with Gasteiger partial charge in [0.15, 0.2) is 10.2 Å². The molecule has 0 saturated carbocycles. The summed E-state index contributed by atoms with van der Waals surface area (Å²) in [7, 11) is 0. The maximum Gasteiger partial charge on any atom is 0.336 e. The third kappa shape index (κ3) is 13.2. The lowest BCUT2D eigenvalue weighted by Crippen LogP contribution is -2.56. The number of thiocarbonyl (C=S) groups is 2. The van der Waals surface area contributed by atoms with Crippen molar-refractivity contribution in [1.82, 2.24) is 54.7 Å². The van der Waals surface area contributed by atoms with E-state index in [2.05, 4.69) is 36.1 Å². The summed E-state index contributed by atoms with van der Waals surface area (Å²) in [6.45, 7) is 4.67. The lowest BCUT2D eigenvalue weighted by atomic mass is 10.1. The number of aromatic nitrogens is 4. The van der Waals surface area contributed by atoms with Crippen LogP contribution in [0, 0.1) is 11.3 Å². The van der Waals surface area contributed by atoms with Crippen molar-refractivity contribution in [2.24, 2.45) is 11.5 Å². The number of fused-ring (bicyclic) bond motifs is 1. The molecule has 0 aliphatic carbocycles. The molecule has 8 N–H and O–H groups in total. The number of amides is 2. The van der Waals surface area contributed by atoms with E-state index in [1.165, 1.54) is 12.3 Å². The Labute approximate surface area is 372 Å². The van der Waals surface area contributed by atoms with Crippen LogP contribution >= 0.6 is 24.4 Å². The minimum atomic E-state index is -3.15. The second kappa shape index (κ2) is 23.2. The molecular weight excluding hydrogens is 863 g/mol. The smallest absolute Gasteiger partial charge is 0.336 e. The third-order valence-corrected chi connectivity index (χ3v) is 11.2. The SMILES string of the molecule is N#C[C@@H]1CC(F)(F)CN1C(=O)CNC(=O)c1ccnc2ccc(OCCCN3CCN(C(=S)NCCCCNC(=S)NCCn4c(=O)n(CCN)c(=O)n(CCN)c4=O)CC3)cc12. The number of hydrogen-bond acceptors (Lipinski definition) is 13. The number of nitrogens with two attached hydrogens (primary N) is 2. The number of hydrogen-bond donors (Lipinski definition) is 6. The van der Waals surface area contributed by atoms with Crippen LogP contribution in [-0.4, -0.2) is 153 Å². The van der Waals surface area contributed by atoms with Crippen molar-refractivity contribution in [2.45, 2.75) is 57.3 Å². The molecule has 1 atom stereocenters. The normalized spacial score (nSPS) is 16.1. The van der Waals surface area contributed by atoms with Gasteiger partial charge >= 0.3 is 17.1 Å². The first-order valence-corrected chi connectivity index (χ1v) is 21.6. The average molecular weight is 917 g/mol. The zero-order chi connectivity index (χ0) is 45.5. The standard InChI is InChI=1S/C39H54F2N14O6S2/c40-39(41)23-27(24-44)55(26-39)32(56)25-49-33(57)29-6-11-45-31-5-4-28(22-30(29)31)61-21-3-13-50-17-19-51(20-18-50)35(63)48-10-2-1-9-46-34(62)47-12-16-54-37(59)52(14-7-42)36(58)53(15-8-43)38(54)60/h4-6,11,22,27H,1-3,7-10,12-21,23,25-26,42-43H2,(H,48,63)(H,49,57)(H2,46,47,62)/t27-/m0/s1. The highest BCUT2D eigenvalue weighted by atomic mass is 32.1. The van der Waals surface area contributed by atoms with Gasteiger partial charge in [-0.05, 0) is 68.0 Å². The molecule has 3 aromatic rings. The van der Waals surface area contributed by atoms with Crippen LogP contribution in [0.2, 0.25) is 0 Å². The molecule has 2 saturated heterocycles. The molecule has 0 unspecified atom stereocenters. The Bertz CT molecular complexity index is 2280. The van der Waals surface area contributed by atoms with Gasteiger partial charge in [-0.2, -0.15) is 5.26 Å². The Morgan fingerprint density at radius 3 is 2.14 bits per heavy atom. The molecular formula is C39H54F2N14O6S2. The summed E-state index contributed by atoms with van der Waals surface area (Å²) >= 11 is 11.0.